The molecule has 0 bridgehead atoms. The third-order valence-corrected chi connectivity index (χ3v) is 5.99. The normalized spacial score (nSPS) is 23.6. The van der Waals surface area contributed by atoms with Gasteiger partial charge in [0.05, 0.1) is 17.8 Å². The van der Waals surface area contributed by atoms with Gasteiger partial charge in [0.15, 0.2) is 0 Å². The van der Waals surface area contributed by atoms with Gasteiger partial charge in [-0.15, -0.1) is 0 Å². The van der Waals surface area contributed by atoms with Crippen molar-refractivity contribution in [1.82, 2.24) is 15.2 Å². The van der Waals surface area contributed by atoms with Crippen LogP contribution in [0.15, 0.2) is 48.7 Å². The van der Waals surface area contributed by atoms with E-state index in [0.717, 1.165) is 12.2 Å². The first-order valence-electron chi connectivity index (χ1n) is 10.4. The van der Waals surface area contributed by atoms with Crippen molar-refractivity contribution in [2.45, 2.75) is 50.8 Å². The number of carbonyl (C=O) groups excluding carboxylic acids is 1. The molecule has 2 aromatic rings. The van der Waals surface area contributed by atoms with Crippen molar-refractivity contribution in [3.05, 3.63) is 65.5 Å². The van der Waals surface area contributed by atoms with Crippen molar-refractivity contribution in [3.8, 4) is 0 Å². The Morgan fingerprint density at radius 1 is 1.11 bits per heavy atom. The van der Waals surface area contributed by atoms with E-state index in [1.807, 2.05) is 30.3 Å². The van der Waals surface area contributed by atoms with E-state index in [0.29, 0.717) is 18.4 Å². The molecule has 1 amide bonds. The summed E-state index contributed by atoms with van der Waals surface area (Å²) < 4.78 is 0. The first-order chi connectivity index (χ1) is 13.7. The number of rotatable bonds is 6. The Labute approximate surface area is 166 Å². The van der Waals surface area contributed by atoms with Crippen LogP contribution in [0.5, 0.6) is 0 Å². The fourth-order valence-corrected chi connectivity index (χ4v) is 4.26. The molecule has 1 saturated carbocycles. The van der Waals surface area contributed by atoms with Crippen molar-refractivity contribution in [1.29, 1.82) is 0 Å². The Morgan fingerprint density at radius 2 is 1.86 bits per heavy atom. The number of benzene rings is 1. The molecule has 1 aliphatic heterocycles. The van der Waals surface area contributed by atoms with Crippen LogP contribution in [0.2, 0.25) is 0 Å². The van der Waals surface area contributed by atoms with Gasteiger partial charge in [-0.05, 0) is 74.5 Å². The first-order valence-corrected chi connectivity index (χ1v) is 10.4. The molecule has 5 nitrogen and oxygen atoms in total. The van der Waals surface area contributed by atoms with Crippen molar-refractivity contribution in [2.24, 2.45) is 5.92 Å². The number of piperidine rings is 1. The molecular formula is C23H29N3O2. The minimum Gasteiger partial charge on any atom is -0.393 e. The molecule has 1 aliphatic carbocycles. The van der Waals surface area contributed by atoms with Gasteiger partial charge in [0.25, 0.3) is 5.91 Å². The van der Waals surface area contributed by atoms with E-state index in [9.17, 15) is 9.90 Å². The van der Waals surface area contributed by atoms with Crippen LogP contribution in [0, 0.1) is 5.92 Å². The van der Waals surface area contributed by atoms with Gasteiger partial charge in [0, 0.05) is 18.3 Å². The molecule has 2 aliphatic rings. The van der Waals surface area contributed by atoms with Gasteiger partial charge in [-0.3, -0.25) is 14.7 Å². The highest BCUT2D eigenvalue weighted by molar-refractivity contribution is 5.94. The first kappa shape index (κ1) is 19.1. The number of aliphatic hydroxyl groups excluding tert-OH is 1. The fraction of sp³-hybridized carbons (Fsp3) is 0.478. The third-order valence-electron chi connectivity index (χ3n) is 5.99. The molecule has 4 rings (SSSR count). The summed E-state index contributed by atoms with van der Waals surface area (Å²) in [6.07, 6.45) is 6.80. The highest BCUT2D eigenvalue weighted by atomic mass is 16.3. The van der Waals surface area contributed by atoms with Gasteiger partial charge < -0.3 is 10.4 Å². The minimum absolute atomic E-state index is 0.0819. The Kier molecular flexibility index (Phi) is 6.03. The molecule has 1 aromatic heterocycles. The number of aromatic nitrogens is 1. The molecular weight excluding hydrogens is 350 g/mol. The zero-order valence-corrected chi connectivity index (χ0v) is 16.3. The predicted molar refractivity (Wildman–Crippen MR) is 109 cm³/mol. The monoisotopic (exact) mass is 379 g/mol. The number of nitrogens with zero attached hydrogens (tertiary/aromatic N) is 2. The Balaban J connectivity index is 1.41. The van der Waals surface area contributed by atoms with Gasteiger partial charge in [0.1, 0.15) is 0 Å². The molecule has 2 N–H and O–H groups in total. The molecule has 1 aromatic carbocycles. The number of amides is 1. The van der Waals surface area contributed by atoms with E-state index in [4.69, 9.17) is 0 Å². The summed E-state index contributed by atoms with van der Waals surface area (Å²) in [6.45, 7) is 3.29. The zero-order chi connectivity index (χ0) is 19.3. The molecule has 0 unspecified atom stereocenters. The average Bonchev–Trinajstić information content (AvgIpc) is 2.72. The molecule has 2 heterocycles. The Hall–Kier alpha value is -2.24. The standard InChI is InChI=1S/C23H29N3O2/c27-20-14-19(15-20)22(21-6-2-3-11-24-21)25-23(28)18-9-7-17(8-10-18)16-26-12-4-1-5-13-26/h2-3,6-11,19-20,22,27H,1,4-5,12-16H2,(H,25,28)/t19?,20?,22-/m0/s1. The Morgan fingerprint density at radius 3 is 2.50 bits per heavy atom. The average molecular weight is 380 g/mol. The van der Waals surface area contributed by atoms with E-state index >= 15 is 0 Å². The third kappa shape index (κ3) is 4.59. The lowest BCUT2D eigenvalue weighted by Gasteiger charge is -2.37. The number of nitrogens with one attached hydrogen (secondary N) is 1. The number of aliphatic hydroxyl groups is 1. The maximum atomic E-state index is 12.8. The summed E-state index contributed by atoms with van der Waals surface area (Å²) in [7, 11) is 0. The van der Waals surface area contributed by atoms with Crippen LogP contribution in [0.1, 0.15) is 59.8 Å². The second-order valence-electron chi connectivity index (χ2n) is 8.12. The topological polar surface area (TPSA) is 65.5 Å². The van der Waals surface area contributed by atoms with Gasteiger partial charge in [-0.1, -0.05) is 24.6 Å². The summed E-state index contributed by atoms with van der Waals surface area (Å²) in [5.74, 6) is 0.147. The summed E-state index contributed by atoms with van der Waals surface area (Å²) >= 11 is 0. The molecule has 1 atom stereocenters. The number of pyridine rings is 1. The SMILES string of the molecule is O=C(N[C@H](c1ccccn1)C1CC(O)C1)c1ccc(CN2CCCCC2)cc1. The van der Waals surface area contributed by atoms with E-state index in [1.165, 1.54) is 37.9 Å². The minimum atomic E-state index is -0.262. The van der Waals surface area contributed by atoms with Crippen LogP contribution < -0.4 is 5.32 Å². The molecule has 0 spiro atoms. The van der Waals surface area contributed by atoms with Gasteiger partial charge in [0.2, 0.25) is 0 Å². The molecule has 5 heteroatoms. The van der Waals surface area contributed by atoms with Crippen LogP contribution in [0.4, 0.5) is 0 Å². The predicted octanol–water partition coefficient (Wildman–Crippen LogP) is 3.31. The van der Waals surface area contributed by atoms with E-state index in [-0.39, 0.29) is 24.0 Å². The van der Waals surface area contributed by atoms with Crippen molar-refractivity contribution in [3.63, 3.8) is 0 Å². The van der Waals surface area contributed by atoms with Crippen molar-refractivity contribution >= 4 is 5.91 Å². The fourth-order valence-electron chi connectivity index (χ4n) is 4.26. The molecule has 28 heavy (non-hydrogen) atoms. The summed E-state index contributed by atoms with van der Waals surface area (Å²) in [4.78, 5) is 19.8. The lowest BCUT2D eigenvalue weighted by molar-refractivity contribution is 0.0228. The summed E-state index contributed by atoms with van der Waals surface area (Å²) in [5, 5.41) is 12.8. The smallest absolute Gasteiger partial charge is 0.251 e. The van der Waals surface area contributed by atoms with E-state index in [2.05, 4.69) is 27.3 Å². The second-order valence-corrected chi connectivity index (χ2v) is 8.12. The van der Waals surface area contributed by atoms with Gasteiger partial charge >= 0.3 is 0 Å². The zero-order valence-electron chi connectivity index (χ0n) is 16.3. The number of hydrogen-bond donors (Lipinski definition) is 2. The number of hydrogen-bond acceptors (Lipinski definition) is 4. The van der Waals surface area contributed by atoms with Crippen molar-refractivity contribution in [2.75, 3.05) is 13.1 Å². The van der Waals surface area contributed by atoms with Gasteiger partial charge in [-0.2, -0.15) is 0 Å². The molecule has 148 valence electrons. The van der Waals surface area contributed by atoms with Crippen LogP contribution >= 0.6 is 0 Å². The van der Waals surface area contributed by atoms with Crippen LogP contribution in [0.3, 0.4) is 0 Å². The summed E-state index contributed by atoms with van der Waals surface area (Å²) in [5.41, 5.74) is 2.78. The maximum Gasteiger partial charge on any atom is 0.251 e. The van der Waals surface area contributed by atoms with Gasteiger partial charge in [-0.25, -0.2) is 0 Å². The lowest BCUT2D eigenvalue weighted by atomic mass is 9.76. The van der Waals surface area contributed by atoms with Crippen LogP contribution in [0.25, 0.3) is 0 Å². The second kappa shape index (κ2) is 8.84. The maximum absolute atomic E-state index is 12.8. The quantitative estimate of drug-likeness (QED) is 0.808. The van der Waals surface area contributed by atoms with E-state index < -0.39 is 0 Å². The molecule has 2 fully saturated rings. The van der Waals surface area contributed by atoms with Crippen molar-refractivity contribution < 1.29 is 9.90 Å². The number of carbonyl (C=O) groups is 1. The van der Waals surface area contributed by atoms with Crippen LogP contribution in [-0.4, -0.2) is 40.1 Å². The Bertz CT molecular complexity index is 766. The highest BCUT2D eigenvalue weighted by Crippen LogP contribution is 2.37. The molecule has 0 radical (unpaired) electrons. The lowest BCUT2D eigenvalue weighted by Crippen LogP contribution is -2.41. The number of likely N-dealkylation sites (tertiary alicyclic amines) is 1. The molecule has 1 saturated heterocycles. The van der Waals surface area contributed by atoms with Crippen LogP contribution in [-0.2, 0) is 6.54 Å². The largest absolute Gasteiger partial charge is 0.393 e. The highest BCUT2D eigenvalue weighted by Gasteiger charge is 2.36. The summed E-state index contributed by atoms with van der Waals surface area (Å²) in [6, 6.07) is 13.5. The van der Waals surface area contributed by atoms with E-state index in [1.54, 1.807) is 6.20 Å².